The lowest BCUT2D eigenvalue weighted by molar-refractivity contribution is 0.355. The van der Waals surface area contributed by atoms with Gasteiger partial charge in [0.15, 0.2) is 28.6 Å². The Labute approximate surface area is 183 Å². The molecule has 31 heavy (non-hydrogen) atoms. The van der Waals surface area contributed by atoms with Crippen molar-refractivity contribution in [1.29, 1.82) is 0 Å². The fraction of sp³-hybridized carbons (Fsp3) is 0.174. The van der Waals surface area contributed by atoms with E-state index in [4.69, 9.17) is 31.0 Å². The largest absolute Gasteiger partial charge is 0.493 e. The first-order chi connectivity index (χ1) is 15.0. The number of hydrogen-bond donors (Lipinski definition) is 0. The number of aromatic nitrogens is 5. The third-order valence-electron chi connectivity index (χ3n) is 5.57. The molecular weight excluding hydrogens is 414 g/mol. The van der Waals surface area contributed by atoms with Crippen LogP contribution in [-0.2, 0) is 0 Å². The zero-order valence-electron chi connectivity index (χ0n) is 17.5. The Morgan fingerprint density at radius 3 is 2.45 bits per heavy atom. The summed E-state index contributed by atoms with van der Waals surface area (Å²) >= 11 is 6.49. The van der Waals surface area contributed by atoms with Crippen LogP contribution < -0.4 is 9.47 Å². The number of halogens is 1. The van der Waals surface area contributed by atoms with Crippen molar-refractivity contribution in [3.8, 4) is 28.6 Å². The predicted octanol–water partition coefficient (Wildman–Crippen LogP) is 5.02. The van der Waals surface area contributed by atoms with Crippen LogP contribution in [0.5, 0.6) is 11.5 Å². The average molecular weight is 434 g/mol. The standard InChI is InChI=1S/C23H20ClN5O2/c1-13-14(2)29(17-8-6-5-7-16(17)24)22-20(13)23-26-21(27-28(23)12-25-22)15-9-10-18(30-3)19(11-15)31-4/h5-12H,1-4H3. The first-order valence-electron chi connectivity index (χ1n) is 9.73. The molecule has 2 aromatic carbocycles. The highest BCUT2D eigenvalue weighted by Crippen LogP contribution is 2.34. The average Bonchev–Trinajstić information content (AvgIpc) is 3.33. The Balaban J connectivity index is 1.75. The number of nitrogens with zero attached hydrogens (tertiary/aromatic N) is 5. The van der Waals surface area contributed by atoms with Crippen molar-refractivity contribution in [2.75, 3.05) is 14.2 Å². The molecule has 3 heterocycles. The van der Waals surface area contributed by atoms with Crippen LogP contribution in [0.1, 0.15) is 11.3 Å². The number of benzene rings is 2. The Kier molecular flexibility index (Phi) is 4.55. The van der Waals surface area contributed by atoms with Crippen LogP contribution in [0.2, 0.25) is 5.02 Å². The second-order valence-corrected chi connectivity index (χ2v) is 7.62. The molecule has 0 aliphatic heterocycles. The van der Waals surface area contributed by atoms with Crippen LogP contribution in [0.15, 0.2) is 48.8 Å². The molecule has 8 heteroatoms. The van der Waals surface area contributed by atoms with Crippen molar-refractivity contribution >= 4 is 28.3 Å². The number of ether oxygens (including phenoxy) is 2. The molecule has 0 radical (unpaired) electrons. The van der Waals surface area contributed by atoms with Gasteiger partial charge >= 0.3 is 0 Å². The van der Waals surface area contributed by atoms with Gasteiger partial charge in [-0.2, -0.15) is 0 Å². The molecule has 0 saturated carbocycles. The van der Waals surface area contributed by atoms with Crippen molar-refractivity contribution in [3.63, 3.8) is 0 Å². The van der Waals surface area contributed by atoms with E-state index in [2.05, 4.69) is 23.5 Å². The summed E-state index contributed by atoms with van der Waals surface area (Å²) in [6.45, 7) is 4.12. The fourth-order valence-electron chi connectivity index (χ4n) is 3.89. The van der Waals surface area contributed by atoms with Crippen molar-refractivity contribution in [1.82, 2.24) is 24.1 Å². The molecule has 5 rings (SSSR count). The number of methoxy groups -OCH3 is 2. The van der Waals surface area contributed by atoms with Gasteiger partial charge in [-0.15, -0.1) is 5.10 Å². The van der Waals surface area contributed by atoms with Crippen LogP contribution in [0, 0.1) is 13.8 Å². The first kappa shape index (κ1) is 19.4. The van der Waals surface area contributed by atoms with Gasteiger partial charge in [0.1, 0.15) is 6.33 Å². The van der Waals surface area contributed by atoms with Gasteiger partial charge in [-0.25, -0.2) is 14.5 Å². The van der Waals surface area contributed by atoms with Gasteiger partial charge in [-0.3, -0.25) is 4.57 Å². The van der Waals surface area contributed by atoms with Gasteiger partial charge in [0, 0.05) is 11.3 Å². The molecule has 0 fully saturated rings. The fourth-order valence-corrected chi connectivity index (χ4v) is 4.11. The minimum atomic E-state index is 0.581. The minimum Gasteiger partial charge on any atom is -0.493 e. The zero-order valence-corrected chi connectivity index (χ0v) is 18.3. The quantitative estimate of drug-likeness (QED) is 0.398. The van der Waals surface area contributed by atoms with Crippen LogP contribution in [0.25, 0.3) is 33.8 Å². The second-order valence-electron chi connectivity index (χ2n) is 7.21. The van der Waals surface area contributed by atoms with E-state index in [-0.39, 0.29) is 0 Å². The summed E-state index contributed by atoms with van der Waals surface area (Å²) in [5.41, 5.74) is 5.38. The zero-order chi connectivity index (χ0) is 21.7. The monoisotopic (exact) mass is 433 g/mol. The van der Waals surface area contributed by atoms with Gasteiger partial charge in [0.25, 0.3) is 0 Å². The summed E-state index contributed by atoms with van der Waals surface area (Å²) in [7, 11) is 3.22. The third kappa shape index (κ3) is 2.92. The lowest BCUT2D eigenvalue weighted by Gasteiger charge is -2.09. The van der Waals surface area contributed by atoms with Crippen molar-refractivity contribution < 1.29 is 9.47 Å². The van der Waals surface area contributed by atoms with Gasteiger partial charge in [-0.1, -0.05) is 23.7 Å². The van der Waals surface area contributed by atoms with Gasteiger partial charge in [0.2, 0.25) is 0 Å². The summed E-state index contributed by atoms with van der Waals surface area (Å²) in [6, 6.07) is 13.4. The molecule has 0 N–H and O–H groups in total. The number of rotatable bonds is 4. The van der Waals surface area contributed by atoms with Crippen LogP contribution >= 0.6 is 11.6 Å². The molecule has 0 aliphatic rings. The van der Waals surface area contributed by atoms with Gasteiger partial charge in [0.05, 0.1) is 30.3 Å². The second kappa shape index (κ2) is 7.28. The molecule has 0 amide bonds. The number of aryl methyl sites for hydroxylation is 1. The molecule has 0 unspecified atom stereocenters. The van der Waals surface area contributed by atoms with E-state index in [1.807, 2.05) is 42.5 Å². The summed E-state index contributed by atoms with van der Waals surface area (Å²) in [4.78, 5) is 9.54. The first-order valence-corrected chi connectivity index (χ1v) is 10.1. The molecule has 0 atom stereocenters. The highest BCUT2D eigenvalue weighted by atomic mass is 35.5. The lowest BCUT2D eigenvalue weighted by Crippen LogP contribution is -2.00. The maximum atomic E-state index is 6.49. The lowest BCUT2D eigenvalue weighted by atomic mass is 10.2. The van der Waals surface area contributed by atoms with Gasteiger partial charge in [-0.05, 0) is 49.7 Å². The summed E-state index contributed by atoms with van der Waals surface area (Å²) in [5, 5.41) is 6.25. The molecule has 5 aromatic rings. The molecule has 0 bridgehead atoms. The molecule has 156 valence electrons. The summed E-state index contributed by atoms with van der Waals surface area (Å²) < 4.78 is 14.5. The Morgan fingerprint density at radius 2 is 1.71 bits per heavy atom. The highest BCUT2D eigenvalue weighted by molar-refractivity contribution is 6.32. The maximum Gasteiger partial charge on any atom is 0.182 e. The maximum absolute atomic E-state index is 6.49. The third-order valence-corrected chi connectivity index (χ3v) is 5.89. The number of para-hydroxylation sites is 1. The molecule has 0 spiro atoms. The van der Waals surface area contributed by atoms with Crippen molar-refractivity contribution in [2.45, 2.75) is 13.8 Å². The SMILES string of the molecule is COc1ccc(-c2nc3c4c(C)c(C)n(-c5ccccc5Cl)c4ncn3n2)cc1OC. The molecule has 0 aliphatic carbocycles. The Morgan fingerprint density at radius 1 is 0.935 bits per heavy atom. The molecular formula is C23H20ClN5O2. The molecule has 0 saturated heterocycles. The van der Waals surface area contributed by atoms with E-state index in [1.165, 1.54) is 0 Å². The Hall–Kier alpha value is -3.58. The summed E-state index contributed by atoms with van der Waals surface area (Å²) in [6.07, 6.45) is 1.68. The van der Waals surface area contributed by atoms with Gasteiger partial charge < -0.3 is 9.47 Å². The van der Waals surface area contributed by atoms with Crippen molar-refractivity contribution in [3.05, 3.63) is 65.1 Å². The highest BCUT2D eigenvalue weighted by Gasteiger charge is 2.20. The normalized spacial score (nSPS) is 11.4. The van der Waals surface area contributed by atoms with E-state index in [1.54, 1.807) is 25.1 Å². The number of fused-ring (bicyclic) bond motifs is 3. The molecule has 3 aromatic heterocycles. The summed E-state index contributed by atoms with van der Waals surface area (Å²) in [5.74, 6) is 1.86. The van der Waals surface area contributed by atoms with E-state index in [9.17, 15) is 0 Å². The predicted molar refractivity (Wildman–Crippen MR) is 121 cm³/mol. The topological polar surface area (TPSA) is 66.5 Å². The van der Waals surface area contributed by atoms with Crippen LogP contribution in [0.3, 0.4) is 0 Å². The number of hydrogen-bond acceptors (Lipinski definition) is 5. The minimum absolute atomic E-state index is 0.581. The van der Waals surface area contributed by atoms with E-state index >= 15 is 0 Å². The van der Waals surface area contributed by atoms with E-state index < -0.39 is 0 Å². The molecule has 7 nitrogen and oxygen atoms in total. The van der Waals surface area contributed by atoms with Crippen LogP contribution in [0.4, 0.5) is 0 Å². The van der Waals surface area contributed by atoms with Crippen LogP contribution in [-0.4, -0.2) is 38.4 Å². The van der Waals surface area contributed by atoms with E-state index in [0.29, 0.717) is 22.3 Å². The Bertz CT molecular complexity index is 1450. The van der Waals surface area contributed by atoms with Crippen molar-refractivity contribution in [2.24, 2.45) is 0 Å². The van der Waals surface area contributed by atoms with E-state index in [0.717, 1.165) is 39.2 Å². The smallest absolute Gasteiger partial charge is 0.182 e.